The van der Waals surface area contributed by atoms with E-state index in [9.17, 15) is 29.3 Å². The van der Waals surface area contributed by atoms with Gasteiger partial charge in [0.25, 0.3) is 11.6 Å². The number of hydrogen-bond acceptors (Lipinski definition) is 8. The third-order valence-corrected chi connectivity index (χ3v) is 4.77. The highest BCUT2D eigenvalue weighted by atomic mass is 16.6. The summed E-state index contributed by atoms with van der Waals surface area (Å²) in [4.78, 5) is 59.4. The third-order valence-electron chi connectivity index (χ3n) is 4.77. The van der Waals surface area contributed by atoms with Crippen molar-refractivity contribution in [3.05, 3.63) is 75.3 Å². The molecule has 0 heterocycles. The average molecular weight is 457 g/mol. The fraction of sp³-hybridized carbons (Fsp3) is 0.273. The fourth-order valence-electron chi connectivity index (χ4n) is 3.17. The highest BCUT2D eigenvalue weighted by Gasteiger charge is 2.32. The number of nitrogens with two attached hydrogens (primary N) is 1. The number of benzene rings is 2. The molecule has 11 heteroatoms. The Morgan fingerprint density at radius 3 is 2.27 bits per heavy atom. The highest BCUT2D eigenvalue weighted by Crippen LogP contribution is 2.27. The van der Waals surface area contributed by atoms with E-state index in [0.717, 1.165) is 0 Å². The maximum absolute atomic E-state index is 12.8. The molecule has 0 aliphatic rings. The fourth-order valence-corrected chi connectivity index (χ4v) is 3.17. The zero-order valence-electron chi connectivity index (χ0n) is 18.0. The van der Waals surface area contributed by atoms with Gasteiger partial charge < -0.3 is 20.5 Å². The van der Waals surface area contributed by atoms with Crippen molar-refractivity contribution in [2.75, 3.05) is 13.7 Å². The number of hydrogen-bond donors (Lipinski definition) is 2. The Morgan fingerprint density at radius 1 is 1.09 bits per heavy atom. The van der Waals surface area contributed by atoms with Gasteiger partial charge in [-0.05, 0) is 30.7 Å². The van der Waals surface area contributed by atoms with Crippen LogP contribution >= 0.6 is 0 Å². The normalized spacial score (nSPS) is 12.2. The molecule has 2 aromatic rings. The Balaban J connectivity index is 2.39. The Morgan fingerprint density at radius 2 is 1.73 bits per heavy atom. The van der Waals surface area contributed by atoms with E-state index in [1.807, 2.05) is 0 Å². The molecule has 0 saturated carbocycles. The summed E-state index contributed by atoms with van der Waals surface area (Å²) in [5.74, 6) is -3.91. The summed E-state index contributed by atoms with van der Waals surface area (Å²) in [7, 11) is 1.20. The SMILES string of the molecule is CCOC(=O)C[C@H](c1ccc([N+](=O)[O-])cc1)[C@H](NC(=O)c1cccc(C(=O)OC)c1)C(N)=O. The van der Waals surface area contributed by atoms with Crippen molar-refractivity contribution in [1.29, 1.82) is 0 Å². The van der Waals surface area contributed by atoms with Crippen LogP contribution in [-0.4, -0.2) is 48.4 Å². The van der Waals surface area contributed by atoms with Crippen molar-refractivity contribution in [3.8, 4) is 0 Å². The van der Waals surface area contributed by atoms with Gasteiger partial charge in [0.15, 0.2) is 0 Å². The van der Waals surface area contributed by atoms with E-state index in [-0.39, 0.29) is 29.8 Å². The number of rotatable bonds is 10. The van der Waals surface area contributed by atoms with Gasteiger partial charge in [-0.25, -0.2) is 4.79 Å². The topological polar surface area (TPSA) is 168 Å². The molecule has 0 aliphatic carbocycles. The van der Waals surface area contributed by atoms with E-state index in [2.05, 4.69) is 10.1 Å². The van der Waals surface area contributed by atoms with Crippen LogP contribution in [0.3, 0.4) is 0 Å². The molecule has 2 amide bonds. The molecule has 0 radical (unpaired) electrons. The zero-order chi connectivity index (χ0) is 24.5. The van der Waals surface area contributed by atoms with Crippen LogP contribution in [0.5, 0.6) is 0 Å². The van der Waals surface area contributed by atoms with E-state index in [1.54, 1.807) is 6.92 Å². The summed E-state index contributed by atoms with van der Waals surface area (Å²) in [6.45, 7) is 1.71. The van der Waals surface area contributed by atoms with E-state index >= 15 is 0 Å². The molecule has 0 unspecified atom stereocenters. The number of ether oxygens (including phenoxy) is 2. The smallest absolute Gasteiger partial charge is 0.337 e. The number of amides is 2. The molecule has 0 bridgehead atoms. The van der Waals surface area contributed by atoms with Crippen LogP contribution in [0.2, 0.25) is 0 Å². The summed E-state index contributed by atoms with van der Waals surface area (Å²) in [5, 5.41) is 13.4. The minimum atomic E-state index is -1.36. The minimum Gasteiger partial charge on any atom is -0.466 e. The van der Waals surface area contributed by atoms with Crippen LogP contribution in [0.1, 0.15) is 45.5 Å². The molecule has 0 saturated heterocycles. The lowest BCUT2D eigenvalue weighted by Gasteiger charge is -2.25. The molecule has 0 aromatic heterocycles. The zero-order valence-corrected chi connectivity index (χ0v) is 18.0. The third kappa shape index (κ3) is 6.60. The van der Waals surface area contributed by atoms with Gasteiger partial charge in [0.05, 0.1) is 30.6 Å². The van der Waals surface area contributed by atoms with Gasteiger partial charge in [-0.2, -0.15) is 0 Å². The largest absolute Gasteiger partial charge is 0.466 e. The Hall–Kier alpha value is -4.28. The van der Waals surface area contributed by atoms with Crippen molar-refractivity contribution in [2.24, 2.45) is 5.73 Å². The monoisotopic (exact) mass is 457 g/mol. The molecule has 2 atom stereocenters. The second kappa shape index (κ2) is 11.4. The number of nitrogens with one attached hydrogen (secondary N) is 1. The molecular formula is C22H23N3O8. The lowest BCUT2D eigenvalue weighted by Crippen LogP contribution is -2.48. The standard InChI is InChI=1S/C22H23N3O8/c1-3-33-18(26)12-17(13-7-9-16(10-8-13)25(30)31)19(20(23)27)24-21(28)14-5-4-6-15(11-14)22(29)32-2/h4-11,17,19H,3,12H2,1-2H3,(H2,23,27)(H,24,28)/t17-,19+/m1/s1. The van der Waals surface area contributed by atoms with Crippen molar-refractivity contribution < 1.29 is 33.6 Å². The Kier molecular flexibility index (Phi) is 8.61. The summed E-state index contributed by atoms with van der Waals surface area (Å²) in [6, 6.07) is 9.45. The second-order valence-corrected chi connectivity index (χ2v) is 6.89. The number of carbonyl (C=O) groups excluding carboxylic acids is 4. The quantitative estimate of drug-likeness (QED) is 0.309. The number of esters is 2. The maximum Gasteiger partial charge on any atom is 0.337 e. The summed E-state index contributed by atoms with van der Waals surface area (Å²) in [5.41, 5.74) is 5.90. The number of nitro groups is 1. The van der Waals surface area contributed by atoms with E-state index < -0.39 is 40.6 Å². The first-order valence-corrected chi connectivity index (χ1v) is 9.86. The summed E-state index contributed by atoms with van der Waals surface area (Å²) < 4.78 is 9.60. The van der Waals surface area contributed by atoms with Crippen LogP contribution in [0, 0.1) is 10.1 Å². The number of nitro benzene ring substituents is 1. The average Bonchev–Trinajstić information content (AvgIpc) is 2.80. The van der Waals surface area contributed by atoms with Crippen molar-refractivity contribution >= 4 is 29.4 Å². The van der Waals surface area contributed by atoms with Crippen molar-refractivity contribution in [2.45, 2.75) is 25.3 Å². The molecular weight excluding hydrogens is 434 g/mol. The van der Waals surface area contributed by atoms with Crippen molar-refractivity contribution in [3.63, 3.8) is 0 Å². The number of carbonyl (C=O) groups is 4. The lowest BCUT2D eigenvalue weighted by molar-refractivity contribution is -0.384. The Labute approximate surface area is 189 Å². The first-order valence-electron chi connectivity index (χ1n) is 9.86. The van der Waals surface area contributed by atoms with Crippen molar-refractivity contribution in [1.82, 2.24) is 5.32 Å². The van der Waals surface area contributed by atoms with Crippen LogP contribution < -0.4 is 11.1 Å². The molecule has 0 fully saturated rings. The number of primary amides is 1. The van der Waals surface area contributed by atoms with E-state index in [0.29, 0.717) is 5.56 Å². The molecule has 0 spiro atoms. The number of methoxy groups -OCH3 is 1. The molecule has 174 valence electrons. The summed E-state index contributed by atoms with van der Waals surface area (Å²) in [6.07, 6.45) is -0.318. The maximum atomic E-state index is 12.8. The highest BCUT2D eigenvalue weighted by molar-refractivity contribution is 6.00. The van der Waals surface area contributed by atoms with Gasteiger partial charge in [0.2, 0.25) is 5.91 Å². The van der Waals surface area contributed by atoms with Gasteiger partial charge in [0.1, 0.15) is 6.04 Å². The molecule has 2 rings (SSSR count). The van der Waals surface area contributed by atoms with E-state index in [4.69, 9.17) is 10.5 Å². The molecule has 2 aromatic carbocycles. The van der Waals surface area contributed by atoms with Crippen LogP contribution in [-0.2, 0) is 19.1 Å². The predicted molar refractivity (Wildman–Crippen MR) is 115 cm³/mol. The van der Waals surface area contributed by atoms with Crippen LogP contribution in [0.25, 0.3) is 0 Å². The van der Waals surface area contributed by atoms with Crippen LogP contribution in [0.15, 0.2) is 48.5 Å². The Bertz CT molecular complexity index is 1050. The minimum absolute atomic E-state index is 0.0581. The van der Waals surface area contributed by atoms with Crippen LogP contribution in [0.4, 0.5) is 5.69 Å². The molecule has 0 aliphatic heterocycles. The van der Waals surface area contributed by atoms with Gasteiger partial charge in [-0.3, -0.25) is 24.5 Å². The number of non-ortho nitro benzene ring substituents is 1. The van der Waals surface area contributed by atoms with Gasteiger partial charge >= 0.3 is 11.9 Å². The first kappa shape index (κ1) is 25.0. The summed E-state index contributed by atoms with van der Waals surface area (Å²) >= 11 is 0. The predicted octanol–water partition coefficient (Wildman–Crippen LogP) is 1.70. The lowest BCUT2D eigenvalue weighted by atomic mass is 9.87. The molecule has 33 heavy (non-hydrogen) atoms. The number of nitrogens with zero attached hydrogens (tertiary/aromatic N) is 1. The van der Waals surface area contributed by atoms with Gasteiger partial charge in [-0.1, -0.05) is 18.2 Å². The molecule has 11 nitrogen and oxygen atoms in total. The first-order chi connectivity index (χ1) is 15.7. The van der Waals surface area contributed by atoms with Gasteiger partial charge in [0, 0.05) is 23.6 Å². The molecule has 3 N–H and O–H groups in total. The van der Waals surface area contributed by atoms with E-state index in [1.165, 1.54) is 55.6 Å². The van der Waals surface area contributed by atoms with Gasteiger partial charge in [-0.15, -0.1) is 0 Å². The second-order valence-electron chi connectivity index (χ2n) is 6.89.